The minimum Gasteiger partial charge on any atom is -0.497 e. The maximum atomic E-state index is 12.4. The van der Waals surface area contributed by atoms with Crippen molar-refractivity contribution in [2.24, 2.45) is 0 Å². The number of para-hydroxylation sites is 1. The van der Waals surface area contributed by atoms with E-state index in [1.165, 1.54) is 0 Å². The number of benzene rings is 2. The molecule has 2 aromatic rings. The van der Waals surface area contributed by atoms with Gasteiger partial charge in [-0.1, -0.05) is 37.3 Å². The van der Waals surface area contributed by atoms with Gasteiger partial charge in [-0.3, -0.25) is 9.59 Å². The summed E-state index contributed by atoms with van der Waals surface area (Å²) in [5.74, 6) is 0.589. The Hall–Kier alpha value is -2.86. The molecule has 0 bridgehead atoms. The first-order valence-electron chi connectivity index (χ1n) is 9.55. The molecular weight excluding hydrogens is 354 g/mol. The topological polar surface area (TPSA) is 71.9 Å². The molecule has 1 unspecified atom stereocenters. The average molecular weight is 385 g/mol. The first-order chi connectivity index (χ1) is 13.4. The average Bonchev–Trinajstić information content (AvgIpc) is 2.72. The van der Waals surface area contributed by atoms with E-state index in [0.29, 0.717) is 6.54 Å². The van der Waals surface area contributed by atoms with Gasteiger partial charge in [0, 0.05) is 12.2 Å². The van der Waals surface area contributed by atoms with Gasteiger partial charge in [0.05, 0.1) is 14.2 Å². The summed E-state index contributed by atoms with van der Waals surface area (Å²) < 4.78 is 5.13. The molecule has 28 heavy (non-hydrogen) atoms. The van der Waals surface area contributed by atoms with Gasteiger partial charge in [-0.25, -0.2) is 0 Å². The van der Waals surface area contributed by atoms with Gasteiger partial charge in [0.1, 0.15) is 5.75 Å². The first kappa shape index (κ1) is 21.4. The molecule has 0 aliphatic heterocycles. The minimum absolute atomic E-state index is 0.0879. The largest absolute Gasteiger partial charge is 0.497 e. The van der Waals surface area contributed by atoms with Gasteiger partial charge in [0.15, 0.2) is 12.6 Å². The van der Waals surface area contributed by atoms with Gasteiger partial charge in [-0.05, 0) is 42.7 Å². The monoisotopic (exact) mass is 384 g/mol. The highest BCUT2D eigenvalue weighted by Crippen LogP contribution is 2.15. The lowest BCUT2D eigenvalue weighted by molar-refractivity contribution is -0.885. The van der Waals surface area contributed by atoms with Gasteiger partial charge in [-0.2, -0.15) is 0 Å². The van der Waals surface area contributed by atoms with E-state index >= 15 is 0 Å². The minimum atomic E-state index is -0.342. The Morgan fingerprint density at radius 3 is 2.43 bits per heavy atom. The molecule has 6 nitrogen and oxygen atoms in total. The standard InChI is InChI=1S/C22H29N3O3/c1-5-18-8-6-7-9-20(18)24-21(26)15-25(3)16(2)22(27)23-14-17-10-12-19(28-4)13-11-17/h6-13,16H,5,14-15H2,1-4H3,(H,23,27)(H,24,26)/p+1/t16-/m0/s1. The van der Waals surface area contributed by atoms with E-state index in [1.807, 2.05) is 62.5 Å². The lowest BCUT2D eigenvalue weighted by Crippen LogP contribution is -3.15. The van der Waals surface area contributed by atoms with Gasteiger partial charge < -0.3 is 20.3 Å². The zero-order valence-electron chi connectivity index (χ0n) is 17.0. The number of nitrogens with one attached hydrogen (secondary N) is 3. The van der Waals surface area contributed by atoms with Crippen molar-refractivity contribution in [3.63, 3.8) is 0 Å². The zero-order valence-corrected chi connectivity index (χ0v) is 17.0. The van der Waals surface area contributed by atoms with Crippen molar-refractivity contribution < 1.29 is 19.2 Å². The van der Waals surface area contributed by atoms with Crippen molar-refractivity contribution in [2.75, 3.05) is 26.0 Å². The number of amides is 2. The Morgan fingerprint density at radius 2 is 1.79 bits per heavy atom. The predicted molar refractivity (Wildman–Crippen MR) is 111 cm³/mol. The van der Waals surface area contributed by atoms with Crippen molar-refractivity contribution in [1.82, 2.24) is 5.32 Å². The number of carbonyl (C=O) groups excluding carboxylic acids is 2. The lowest BCUT2D eigenvalue weighted by Gasteiger charge is -2.21. The van der Waals surface area contributed by atoms with Crippen molar-refractivity contribution >= 4 is 17.5 Å². The van der Waals surface area contributed by atoms with Crippen LogP contribution in [0.25, 0.3) is 0 Å². The van der Waals surface area contributed by atoms with E-state index in [4.69, 9.17) is 4.74 Å². The van der Waals surface area contributed by atoms with Crippen LogP contribution in [0, 0.1) is 0 Å². The zero-order chi connectivity index (χ0) is 20.5. The van der Waals surface area contributed by atoms with Crippen molar-refractivity contribution in [3.8, 4) is 5.75 Å². The van der Waals surface area contributed by atoms with Crippen LogP contribution in [0.3, 0.4) is 0 Å². The molecular formula is C22H30N3O3+. The normalized spacial score (nSPS) is 12.7. The van der Waals surface area contributed by atoms with E-state index in [2.05, 4.69) is 17.6 Å². The van der Waals surface area contributed by atoms with Gasteiger partial charge in [0.2, 0.25) is 0 Å². The Balaban J connectivity index is 1.83. The number of rotatable bonds is 9. The van der Waals surface area contributed by atoms with Crippen molar-refractivity contribution in [2.45, 2.75) is 32.9 Å². The van der Waals surface area contributed by atoms with Crippen LogP contribution in [-0.4, -0.2) is 38.6 Å². The summed E-state index contributed by atoms with van der Waals surface area (Å²) in [6, 6.07) is 15.0. The molecule has 0 aromatic heterocycles. The number of likely N-dealkylation sites (N-methyl/N-ethyl adjacent to an activating group) is 1. The van der Waals surface area contributed by atoms with E-state index in [-0.39, 0.29) is 24.4 Å². The molecule has 3 N–H and O–H groups in total. The third-order valence-corrected chi connectivity index (χ3v) is 4.87. The van der Waals surface area contributed by atoms with Crippen LogP contribution in [0.5, 0.6) is 5.75 Å². The number of anilines is 1. The Morgan fingerprint density at radius 1 is 1.11 bits per heavy atom. The van der Waals surface area contributed by atoms with Crippen molar-refractivity contribution in [1.29, 1.82) is 0 Å². The quantitative estimate of drug-likeness (QED) is 0.612. The number of quaternary nitrogens is 1. The number of ether oxygens (including phenoxy) is 1. The van der Waals surface area contributed by atoms with Crippen LogP contribution >= 0.6 is 0 Å². The molecule has 0 spiro atoms. The van der Waals surface area contributed by atoms with E-state index in [9.17, 15) is 9.59 Å². The molecule has 0 saturated carbocycles. The Labute approximate surface area is 166 Å². The van der Waals surface area contributed by atoms with E-state index < -0.39 is 0 Å². The molecule has 0 radical (unpaired) electrons. The number of hydrogen-bond acceptors (Lipinski definition) is 3. The maximum Gasteiger partial charge on any atom is 0.279 e. The molecule has 0 saturated heterocycles. The molecule has 0 aliphatic rings. The van der Waals surface area contributed by atoms with Crippen LogP contribution in [0.2, 0.25) is 0 Å². The molecule has 0 heterocycles. The summed E-state index contributed by atoms with van der Waals surface area (Å²) in [4.78, 5) is 25.6. The SMILES string of the molecule is CCc1ccccc1NC(=O)C[NH+](C)[C@@H](C)C(=O)NCc1ccc(OC)cc1. The van der Waals surface area contributed by atoms with E-state index in [0.717, 1.165) is 33.9 Å². The number of methoxy groups -OCH3 is 1. The Bertz CT molecular complexity index is 790. The van der Waals surface area contributed by atoms with Gasteiger partial charge >= 0.3 is 0 Å². The van der Waals surface area contributed by atoms with Crippen LogP contribution in [-0.2, 0) is 22.6 Å². The summed E-state index contributed by atoms with van der Waals surface area (Å²) in [5, 5.41) is 5.88. The Kier molecular flexibility index (Phi) is 8.02. The number of hydrogen-bond donors (Lipinski definition) is 3. The summed E-state index contributed by atoms with van der Waals surface area (Å²) in [7, 11) is 3.47. The van der Waals surface area contributed by atoms with Crippen LogP contribution < -0.4 is 20.3 Å². The van der Waals surface area contributed by atoms with Gasteiger partial charge in [-0.15, -0.1) is 0 Å². The summed E-state index contributed by atoms with van der Waals surface area (Å²) in [6.07, 6.45) is 0.851. The highest BCUT2D eigenvalue weighted by atomic mass is 16.5. The molecule has 0 aliphatic carbocycles. The fourth-order valence-electron chi connectivity index (χ4n) is 2.86. The maximum absolute atomic E-state index is 12.4. The van der Waals surface area contributed by atoms with Crippen LogP contribution in [0.1, 0.15) is 25.0 Å². The smallest absolute Gasteiger partial charge is 0.279 e. The fraction of sp³-hybridized carbons (Fsp3) is 0.364. The summed E-state index contributed by atoms with van der Waals surface area (Å²) in [5.41, 5.74) is 2.92. The lowest BCUT2D eigenvalue weighted by atomic mass is 10.1. The third kappa shape index (κ3) is 6.09. The highest BCUT2D eigenvalue weighted by molar-refractivity contribution is 5.92. The second-order valence-electron chi connectivity index (χ2n) is 6.87. The van der Waals surface area contributed by atoms with Gasteiger partial charge in [0.25, 0.3) is 11.8 Å². The molecule has 2 amide bonds. The summed E-state index contributed by atoms with van der Waals surface area (Å²) >= 11 is 0. The molecule has 0 fully saturated rings. The third-order valence-electron chi connectivity index (χ3n) is 4.87. The predicted octanol–water partition coefficient (Wildman–Crippen LogP) is 1.42. The van der Waals surface area contributed by atoms with Crippen LogP contribution in [0.15, 0.2) is 48.5 Å². The highest BCUT2D eigenvalue weighted by Gasteiger charge is 2.23. The molecule has 150 valence electrons. The second-order valence-corrected chi connectivity index (χ2v) is 6.87. The van der Waals surface area contributed by atoms with Crippen LogP contribution in [0.4, 0.5) is 5.69 Å². The van der Waals surface area contributed by atoms with Crippen molar-refractivity contribution in [3.05, 3.63) is 59.7 Å². The summed E-state index contributed by atoms with van der Waals surface area (Å²) in [6.45, 7) is 4.54. The number of aryl methyl sites for hydroxylation is 1. The second kappa shape index (κ2) is 10.5. The number of carbonyl (C=O) groups is 2. The fourth-order valence-corrected chi connectivity index (χ4v) is 2.86. The molecule has 6 heteroatoms. The molecule has 2 rings (SSSR count). The molecule has 2 atom stereocenters. The van der Waals surface area contributed by atoms with E-state index in [1.54, 1.807) is 7.11 Å². The first-order valence-corrected chi connectivity index (χ1v) is 9.55. The molecule has 2 aromatic carbocycles.